The van der Waals surface area contributed by atoms with E-state index in [0.29, 0.717) is 0 Å². The molecule has 1 aromatic carbocycles. The Kier molecular flexibility index (Phi) is 2.00. The number of aryl methyl sites for hydroxylation is 1. The van der Waals surface area contributed by atoms with Gasteiger partial charge in [0.15, 0.2) is 0 Å². The molecule has 0 bridgehead atoms. The number of hydrogen-bond acceptors (Lipinski definition) is 2. The number of nitrogens with one attached hydrogen (secondary N) is 2. The lowest BCUT2D eigenvalue weighted by molar-refractivity contribution is 0.725. The fourth-order valence-corrected chi connectivity index (χ4v) is 1.55. The molecule has 0 spiro atoms. The van der Waals surface area contributed by atoms with E-state index in [1.54, 1.807) is 0 Å². The molecule has 2 rings (SSSR count). The topological polar surface area (TPSA) is 24.1 Å². The summed E-state index contributed by atoms with van der Waals surface area (Å²) < 4.78 is 0. The molecule has 1 heterocycles. The first-order valence-corrected chi connectivity index (χ1v) is 4.40. The highest BCUT2D eigenvalue weighted by Gasteiger charge is 2.04. The van der Waals surface area contributed by atoms with Gasteiger partial charge < -0.3 is 10.6 Å². The summed E-state index contributed by atoms with van der Waals surface area (Å²) in [5.74, 6) is 0. The summed E-state index contributed by atoms with van der Waals surface area (Å²) in [6.07, 6.45) is 0. The Bertz CT molecular complexity index is 281. The van der Waals surface area contributed by atoms with Crippen molar-refractivity contribution in [1.29, 1.82) is 0 Å². The zero-order chi connectivity index (χ0) is 8.39. The molecule has 2 N–H and O–H groups in total. The van der Waals surface area contributed by atoms with Crippen LogP contribution in [0, 0.1) is 6.92 Å². The van der Waals surface area contributed by atoms with E-state index >= 15 is 0 Å². The summed E-state index contributed by atoms with van der Waals surface area (Å²) in [7, 11) is 0. The summed E-state index contributed by atoms with van der Waals surface area (Å²) in [5.41, 5.74) is 4.00. The van der Waals surface area contributed by atoms with Gasteiger partial charge in [-0.1, -0.05) is 17.7 Å². The zero-order valence-corrected chi connectivity index (χ0v) is 7.35. The predicted molar refractivity (Wildman–Crippen MR) is 51.4 cm³/mol. The van der Waals surface area contributed by atoms with Gasteiger partial charge in [0.25, 0.3) is 0 Å². The van der Waals surface area contributed by atoms with Crippen LogP contribution in [0.3, 0.4) is 0 Å². The average Bonchev–Trinajstić information content (AvgIpc) is 2.28. The van der Waals surface area contributed by atoms with Crippen LogP contribution in [0.2, 0.25) is 0 Å². The van der Waals surface area contributed by atoms with Gasteiger partial charge in [-0.2, -0.15) is 0 Å². The minimum Gasteiger partial charge on any atom is -0.384 e. The SMILES string of the molecule is Cc1ccc2c(c1)CNCCN2. The van der Waals surface area contributed by atoms with E-state index < -0.39 is 0 Å². The third kappa shape index (κ3) is 1.43. The quantitative estimate of drug-likeness (QED) is 0.604. The molecular weight excluding hydrogens is 148 g/mol. The average molecular weight is 162 g/mol. The Balaban J connectivity index is 2.36. The molecule has 0 aliphatic carbocycles. The minimum absolute atomic E-state index is 0.990. The van der Waals surface area contributed by atoms with Gasteiger partial charge in [-0.15, -0.1) is 0 Å². The number of rotatable bonds is 0. The number of hydrogen-bond donors (Lipinski definition) is 2. The summed E-state index contributed by atoms with van der Waals surface area (Å²) >= 11 is 0. The maximum atomic E-state index is 3.39. The highest BCUT2D eigenvalue weighted by atomic mass is 15.0. The van der Waals surface area contributed by atoms with Crippen molar-refractivity contribution in [2.45, 2.75) is 13.5 Å². The van der Waals surface area contributed by atoms with Gasteiger partial charge in [0.2, 0.25) is 0 Å². The lowest BCUT2D eigenvalue weighted by Gasteiger charge is -2.06. The van der Waals surface area contributed by atoms with Crippen LogP contribution >= 0.6 is 0 Å². The van der Waals surface area contributed by atoms with Crippen molar-refractivity contribution in [3.8, 4) is 0 Å². The van der Waals surface area contributed by atoms with E-state index in [-0.39, 0.29) is 0 Å². The predicted octanol–water partition coefficient (Wildman–Crippen LogP) is 1.51. The van der Waals surface area contributed by atoms with Crippen LogP contribution < -0.4 is 10.6 Å². The highest BCUT2D eigenvalue weighted by Crippen LogP contribution is 2.17. The Morgan fingerprint density at radius 1 is 1.25 bits per heavy atom. The lowest BCUT2D eigenvalue weighted by atomic mass is 10.1. The molecule has 2 nitrogen and oxygen atoms in total. The van der Waals surface area contributed by atoms with Crippen LogP contribution in [-0.4, -0.2) is 13.1 Å². The molecule has 2 heteroatoms. The molecule has 0 saturated carbocycles. The summed E-state index contributed by atoms with van der Waals surface area (Å²) in [5, 5.41) is 6.76. The van der Waals surface area contributed by atoms with Crippen molar-refractivity contribution in [3.63, 3.8) is 0 Å². The van der Waals surface area contributed by atoms with Gasteiger partial charge in [-0.25, -0.2) is 0 Å². The second-order valence-electron chi connectivity index (χ2n) is 3.26. The van der Waals surface area contributed by atoms with Crippen molar-refractivity contribution < 1.29 is 0 Å². The summed E-state index contributed by atoms with van der Waals surface area (Å²) in [6, 6.07) is 6.55. The van der Waals surface area contributed by atoms with Gasteiger partial charge >= 0.3 is 0 Å². The molecule has 0 aromatic heterocycles. The summed E-state index contributed by atoms with van der Waals surface area (Å²) in [6.45, 7) is 5.19. The van der Waals surface area contributed by atoms with E-state index in [2.05, 4.69) is 35.8 Å². The number of anilines is 1. The van der Waals surface area contributed by atoms with Crippen LogP contribution in [0.15, 0.2) is 18.2 Å². The maximum absolute atomic E-state index is 3.39. The van der Waals surface area contributed by atoms with Gasteiger partial charge in [-0.3, -0.25) is 0 Å². The maximum Gasteiger partial charge on any atom is 0.0386 e. The van der Waals surface area contributed by atoms with Gasteiger partial charge in [0.05, 0.1) is 0 Å². The van der Waals surface area contributed by atoms with Crippen LogP contribution in [0.5, 0.6) is 0 Å². The fraction of sp³-hybridized carbons (Fsp3) is 0.400. The first-order chi connectivity index (χ1) is 5.86. The largest absolute Gasteiger partial charge is 0.384 e. The first-order valence-electron chi connectivity index (χ1n) is 4.40. The Morgan fingerprint density at radius 3 is 3.08 bits per heavy atom. The molecule has 12 heavy (non-hydrogen) atoms. The van der Waals surface area contributed by atoms with Crippen LogP contribution in [-0.2, 0) is 6.54 Å². The highest BCUT2D eigenvalue weighted by molar-refractivity contribution is 5.53. The molecule has 1 aliphatic rings. The monoisotopic (exact) mass is 162 g/mol. The van der Waals surface area contributed by atoms with Crippen molar-refractivity contribution in [2.75, 3.05) is 18.4 Å². The van der Waals surface area contributed by atoms with E-state index in [4.69, 9.17) is 0 Å². The van der Waals surface area contributed by atoms with E-state index in [0.717, 1.165) is 19.6 Å². The van der Waals surface area contributed by atoms with Crippen molar-refractivity contribution in [1.82, 2.24) is 5.32 Å². The lowest BCUT2D eigenvalue weighted by Crippen LogP contribution is -2.16. The third-order valence-corrected chi connectivity index (χ3v) is 2.19. The van der Waals surface area contributed by atoms with Gasteiger partial charge in [0.1, 0.15) is 0 Å². The van der Waals surface area contributed by atoms with Gasteiger partial charge in [0, 0.05) is 25.3 Å². The molecule has 0 radical (unpaired) electrons. The molecule has 1 aliphatic heterocycles. The molecule has 0 saturated heterocycles. The van der Waals surface area contributed by atoms with E-state index in [1.807, 2.05) is 0 Å². The Morgan fingerprint density at radius 2 is 2.17 bits per heavy atom. The standard InChI is InChI=1S/C10H14N2/c1-8-2-3-10-9(6-8)7-11-4-5-12-10/h2-3,6,11-12H,4-5,7H2,1H3. The normalized spacial score (nSPS) is 16.1. The molecule has 1 aromatic rings. The Hall–Kier alpha value is -1.02. The third-order valence-electron chi connectivity index (χ3n) is 2.19. The van der Waals surface area contributed by atoms with Crippen molar-refractivity contribution in [3.05, 3.63) is 29.3 Å². The summed E-state index contributed by atoms with van der Waals surface area (Å²) in [4.78, 5) is 0. The van der Waals surface area contributed by atoms with Crippen LogP contribution in [0.1, 0.15) is 11.1 Å². The van der Waals surface area contributed by atoms with Crippen molar-refractivity contribution >= 4 is 5.69 Å². The zero-order valence-electron chi connectivity index (χ0n) is 7.35. The molecular formula is C10H14N2. The fourth-order valence-electron chi connectivity index (χ4n) is 1.55. The van der Waals surface area contributed by atoms with Crippen molar-refractivity contribution in [2.24, 2.45) is 0 Å². The molecule has 0 amide bonds. The first kappa shape index (κ1) is 7.62. The Labute approximate surface area is 73.0 Å². The molecule has 0 fully saturated rings. The van der Waals surface area contributed by atoms with Crippen LogP contribution in [0.25, 0.3) is 0 Å². The second kappa shape index (κ2) is 3.15. The number of fused-ring (bicyclic) bond motifs is 1. The van der Waals surface area contributed by atoms with Gasteiger partial charge in [-0.05, 0) is 18.6 Å². The molecule has 0 unspecified atom stereocenters. The van der Waals surface area contributed by atoms with E-state index in [9.17, 15) is 0 Å². The smallest absolute Gasteiger partial charge is 0.0386 e. The second-order valence-corrected chi connectivity index (χ2v) is 3.26. The molecule has 64 valence electrons. The molecule has 0 atom stereocenters. The van der Waals surface area contributed by atoms with Crippen LogP contribution in [0.4, 0.5) is 5.69 Å². The minimum atomic E-state index is 0.990. The van der Waals surface area contributed by atoms with E-state index in [1.165, 1.54) is 16.8 Å². The number of benzene rings is 1.